The molecule has 1 atom stereocenters. The molecule has 0 spiro atoms. The van der Waals surface area contributed by atoms with Gasteiger partial charge in [-0.3, -0.25) is 0 Å². The van der Waals surface area contributed by atoms with Crippen LogP contribution in [0.2, 0.25) is 0 Å². The maximum atomic E-state index is 13.1. The minimum atomic E-state index is -0.227. The summed E-state index contributed by atoms with van der Waals surface area (Å²) in [5.74, 6) is 0.657. The van der Waals surface area contributed by atoms with E-state index in [0.717, 1.165) is 23.4 Å². The van der Waals surface area contributed by atoms with Crippen molar-refractivity contribution in [3.05, 3.63) is 59.9 Å². The molecule has 1 unspecified atom stereocenters. The first-order chi connectivity index (χ1) is 9.19. The van der Waals surface area contributed by atoms with E-state index in [4.69, 9.17) is 4.74 Å². The van der Waals surface area contributed by atoms with Crippen molar-refractivity contribution in [3.8, 4) is 5.75 Å². The topological polar surface area (TPSA) is 21.3 Å². The molecule has 0 radical (unpaired) electrons. The zero-order valence-corrected chi connectivity index (χ0v) is 11.2. The molecule has 0 saturated carbocycles. The normalized spacial score (nSPS) is 11.9. The highest BCUT2D eigenvalue weighted by atomic mass is 19.1. The standard InChI is InChI=1S/C16H18FNO/c1-12(18-15-8-5-7-14(17)11-15)10-13-6-3-4-9-16(13)19-2/h3-9,11-12,18H,10H2,1-2H3. The van der Waals surface area contributed by atoms with Crippen molar-refractivity contribution < 1.29 is 9.13 Å². The van der Waals surface area contributed by atoms with Crippen LogP contribution in [0.5, 0.6) is 5.75 Å². The van der Waals surface area contributed by atoms with E-state index in [1.807, 2.05) is 30.3 Å². The zero-order chi connectivity index (χ0) is 13.7. The number of hydrogen-bond donors (Lipinski definition) is 1. The molecule has 0 amide bonds. The highest BCUT2D eigenvalue weighted by molar-refractivity contribution is 5.44. The van der Waals surface area contributed by atoms with E-state index in [9.17, 15) is 4.39 Å². The van der Waals surface area contributed by atoms with Gasteiger partial charge >= 0.3 is 0 Å². The Morgan fingerprint density at radius 1 is 1.16 bits per heavy atom. The van der Waals surface area contributed by atoms with E-state index in [1.165, 1.54) is 12.1 Å². The van der Waals surface area contributed by atoms with Gasteiger partial charge in [0.25, 0.3) is 0 Å². The number of para-hydroxylation sites is 1. The van der Waals surface area contributed by atoms with Gasteiger partial charge in [0.1, 0.15) is 11.6 Å². The number of methoxy groups -OCH3 is 1. The summed E-state index contributed by atoms with van der Waals surface area (Å²) in [6.07, 6.45) is 0.820. The zero-order valence-electron chi connectivity index (χ0n) is 11.2. The average Bonchev–Trinajstić information content (AvgIpc) is 2.39. The third-order valence-electron chi connectivity index (χ3n) is 2.96. The number of anilines is 1. The van der Waals surface area contributed by atoms with E-state index >= 15 is 0 Å². The van der Waals surface area contributed by atoms with Gasteiger partial charge in [-0.05, 0) is 43.2 Å². The Balaban J connectivity index is 2.03. The first-order valence-electron chi connectivity index (χ1n) is 6.33. The van der Waals surface area contributed by atoms with Crippen LogP contribution in [0.4, 0.5) is 10.1 Å². The van der Waals surface area contributed by atoms with Gasteiger partial charge in [0.2, 0.25) is 0 Å². The Bertz CT molecular complexity index is 542. The number of ether oxygens (including phenoxy) is 1. The molecule has 0 aliphatic heterocycles. The van der Waals surface area contributed by atoms with Crippen molar-refractivity contribution in [1.29, 1.82) is 0 Å². The van der Waals surface area contributed by atoms with Crippen molar-refractivity contribution >= 4 is 5.69 Å². The van der Waals surface area contributed by atoms with E-state index in [0.29, 0.717) is 0 Å². The predicted octanol–water partition coefficient (Wildman–Crippen LogP) is 3.88. The monoisotopic (exact) mass is 259 g/mol. The van der Waals surface area contributed by atoms with Crippen molar-refractivity contribution in [1.82, 2.24) is 0 Å². The van der Waals surface area contributed by atoms with Crippen molar-refractivity contribution in [2.24, 2.45) is 0 Å². The predicted molar refractivity (Wildman–Crippen MR) is 76.2 cm³/mol. The lowest BCUT2D eigenvalue weighted by atomic mass is 10.1. The van der Waals surface area contributed by atoms with Gasteiger partial charge in [-0.15, -0.1) is 0 Å². The van der Waals surface area contributed by atoms with E-state index in [2.05, 4.69) is 12.2 Å². The highest BCUT2D eigenvalue weighted by Gasteiger charge is 2.08. The van der Waals surface area contributed by atoms with Crippen LogP contribution in [0, 0.1) is 5.82 Å². The molecular formula is C16H18FNO. The molecule has 2 aromatic rings. The molecule has 0 aliphatic carbocycles. The Labute approximate surface area is 113 Å². The van der Waals surface area contributed by atoms with Gasteiger partial charge in [-0.25, -0.2) is 4.39 Å². The van der Waals surface area contributed by atoms with Crippen LogP contribution in [0.25, 0.3) is 0 Å². The van der Waals surface area contributed by atoms with Crippen molar-refractivity contribution in [2.75, 3.05) is 12.4 Å². The second kappa shape index (κ2) is 6.23. The second-order valence-corrected chi connectivity index (χ2v) is 4.57. The van der Waals surface area contributed by atoms with Crippen LogP contribution < -0.4 is 10.1 Å². The maximum absolute atomic E-state index is 13.1. The number of rotatable bonds is 5. The molecule has 0 saturated heterocycles. The van der Waals surface area contributed by atoms with Gasteiger partial charge in [0.05, 0.1) is 7.11 Å². The molecule has 0 fully saturated rings. The van der Waals surface area contributed by atoms with Crippen LogP contribution in [0.1, 0.15) is 12.5 Å². The molecule has 0 aromatic heterocycles. The smallest absolute Gasteiger partial charge is 0.125 e. The molecule has 3 heteroatoms. The Morgan fingerprint density at radius 2 is 1.95 bits per heavy atom. The summed E-state index contributed by atoms with van der Waals surface area (Å²) in [5.41, 5.74) is 1.93. The molecule has 2 aromatic carbocycles. The lowest BCUT2D eigenvalue weighted by Crippen LogP contribution is -2.18. The number of halogens is 1. The number of nitrogens with one attached hydrogen (secondary N) is 1. The summed E-state index contributed by atoms with van der Waals surface area (Å²) in [4.78, 5) is 0. The fourth-order valence-electron chi connectivity index (χ4n) is 2.12. The van der Waals surface area contributed by atoms with Gasteiger partial charge in [-0.2, -0.15) is 0 Å². The van der Waals surface area contributed by atoms with Crippen LogP contribution in [-0.2, 0) is 6.42 Å². The molecule has 100 valence electrons. The largest absolute Gasteiger partial charge is 0.496 e. The molecule has 2 nitrogen and oxygen atoms in total. The summed E-state index contributed by atoms with van der Waals surface area (Å²) in [6, 6.07) is 14.6. The highest BCUT2D eigenvalue weighted by Crippen LogP contribution is 2.20. The summed E-state index contributed by atoms with van der Waals surface area (Å²) in [6.45, 7) is 2.07. The lowest BCUT2D eigenvalue weighted by Gasteiger charge is -2.17. The van der Waals surface area contributed by atoms with Crippen LogP contribution in [-0.4, -0.2) is 13.2 Å². The molecular weight excluding hydrogens is 241 g/mol. The van der Waals surface area contributed by atoms with Crippen LogP contribution in [0.15, 0.2) is 48.5 Å². The van der Waals surface area contributed by atoms with Gasteiger partial charge < -0.3 is 10.1 Å². The molecule has 0 heterocycles. The minimum absolute atomic E-state index is 0.193. The summed E-state index contributed by atoms with van der Waals surface area (Å²) in [7, 11) is 1.67. The van der Waals surface area contributed by atoms with Gasteiger partial charge in [-0.1, -0.05) is 24.3 Å². The summed E-state index contributed by atoms with van der Waals surface area (Å²) >= 11 is 0. The SMILES string of the molecule is COc1ccccc1CC(C)Nc1cccc(F)c1. The lowest BCUT2D eigenvalue weighted by molar-refractivity contribution is 0.409. The fraction of sp³-hybridized carbons (Fsp3) is 0.250. The van der Waals surface area contributed by atoms with E-state index in [1.54, 1.807) is 13.2 Å². The quantitative estimate of drug-likeness (QED) is 0.880. The van der Waals surface area contributed by atoms with E-state index in [-0.39, 0.29) is 11.9 Å². The Hall–Kier alpha value is -2.03. The minimum Gasteiger partial charge on any atom is -0.496 e. The van der Waals surface area contributed by atoms with Crippen LogP contribution in [0.3, 0.4) is 0 Å². The Kier molecular flexibility index (Phi) is 4.39. The van der Waals surface area contributed by atoms with Crippen molar-refractivity contribution in [3.63, 3.8) is 0 Å². The maximum Gasteiger partial charge on any atom is 0.125 e. The molecule has 1 N–H and O–H groups in total. The molecule has 2 rings (SSSR count). The van der Waals surface area contributed by atoms with Gasteiger partial charge in [0.15, 0.2) is 0 Å². The van der Waals surface area contributed by atoms with Gasteiger partial charge in [0, 0.05) is 11.7 Å². The van der Waals surface area contributed by atoms with E-state index < -0.39 is 0 Å². The van der Waals surface area contributed by atoms with Crippen LogP contribution >= 0.6 is 0 Å². The first-order valence-corrected chi connectivity index (χ1v) is 6.33. The molecule has 0 bridgehead atoms. The van der Waals surface area contributed by atoms with Crippen molar-refractivity contribution in [2.45, 2.75) is 19.4 Å². The summed E-state index contributed by atoms with van der Waals surface area (Å²) < 4.78 is 18.4. The summed E-state index contributed by atoms with van der Waals surface area (Å²) in [5, 5.41) is 3.29. The first kappa shape index (κ1) is 13.4. The Morgan fingerprint density at radius 3 is 2.68 bits per heavy atom. The average molecular weight is 259 g/mol. The fourth-order valence-corrected chi connectivity index (χ4v) is 2.12. The third kappa shape index (κ3) is 3.71. The number of hydrogen-bond acceptors (Lipinski definition) is 2. The molecule has 0 aliphatic rings. The second-order valence-electron chi connectivity index (χ2n) is 4.57. The molecule has 19 heavy (non-hydrogen) atoms. The number of benzene rings is 2. The third-order valence-corrected chi connectivity index (χ3v) is 2.96.